The van der Waals surface area contributed by atoms with Gasteiger partial charge in [-0.15, -0.1) is 0 Å². The number of rotatable bonds is 6. The van der Waals surface area contributed by atoms with E-state index < -0.39 is 11.9 Å². The average molecular weight is 366 g/mol. The molecule has 1 unspecified atom stereocenters. The van der Waals surface area contributed by atoms with Crippen molar-refractivity contribution in [3.63, 3.8) is 0 Å². The molecule has 0 bridgehead atoms. The molecular formula is C20H22N4O3. The summed E-state index contributed by atoms with van der Waals surface area (Å²) in [5, 5.41) is 17.3. The smallest absolute Gasteiger partial charge is 0.312 e. The number of aryl methyl sites for hydroxylation is 1. The zero-order chi connectivity index (χ0) is 19.6. The normalized spacial score (nSPS) is 12.3. The zero-order valence-electron chi connectivity index (χ0n) is 15.5. The molecule has 0 aliphatic carbocycles. The Balaban J connectivity index is 1.81. The fraction of sp³-hybridized carbons (Fsp3) is 0.300. The van der Waals surface area contributed by atoms with Gasteiger partial charge in [0, 0.05) is 18.0 Å². The summed E-state index contributed by atoms with van der Waals surface area (Å²) in [5.41, 5.74) is 2.37. The second-order valence-corrected chi connectivity index (χ2v) is 6.73. The molecule has 0 saturated carbocycles. The van der Waals surface area contributed by atoms with Crippen molar-refractivity contribution >= 4 is 22.9 Å². The molecule has 1 amide bonds. The number of nitrogens with zero attached hydrogens (tertiary/aromatic N) is 3. The summed E-state index contributed by atoms with van der Waals surface area (Å²) >= 11 is 0. The molecular weight excluding hydrogens is 344 g/mol. The number of pyridine rings is 1. The summed E-state index contributed by atoms with van der Waals surface area (Å²) < 4.78 is 1.81. The van der Waals surface area contributed by atoms with Crippen LogP contribution in [0.15, 0.2) is 42.6 Å². The predicted octanol–water partition coefficient (Wildman–Crippen LogP) is 2.92. The van der Waals surface area contributed by atoms with E-state index in [4.69, 9.17) is 0 Å². The lowest BCUT2D eigenvalue weighted by Crippen LogP contribution is -2.32. The van der Waals surface area contributed by atoms with Gasteiger partial charge in [-0.3, -0.25) is 9.59 Å². The van der Waals surface area contributed by atoms with E-state index in [1.807, 2.05) is 19.9 Å². The molecule has 3 aromatic rings. The lowest BCUT2D eigenvalue weighted by atomic mass is 9.99. The van der Waals surface area contributed by atoms with Crippen molar-refractivity contribution in [3.8, 4) is 0 Å². The highest BCUT2D eigenvalue weighted by atomic mass is 16.4. The van der Waals surface area contributed by atoms with E-state index in [0.29, 0.717) is 16.8 Å². The SMILES string of the molecule is Cc1nc2c(cnn2C(C)C)cc1C(=O)NCC(C(=O)O)c1ccccc1. The first-order valence-electron chi connectivity index (χ1n) is 8.79. The van der Waals surface area contributed by atoms with Crippen molar-refractivity contribution in [2.75, 3.05) is 6.54 Å². The highest BCUT2D eigenvalue weighted by Crippen LogP contribution is 2.20. The molecule has 2 aromatic heterocycles. The summed E-state index contributed by atoms with van der Waals surface area (Å²) in [5.74, 6) is -2.14. The Bertz CT molecular complexity index is 980. The Morgan fingerprint density at radius 3 is 2.56 bits per heavy atom. The first-order chi connectivity index (χ1) is 12.9. The topological polar surface area (TPSA) is 97.1 Å². The second-order valence-electron chi connectivity index (χ2n) is 6.73. The van der Waals surface area contributed by atoms with Crippen LogP contribution >= 0.6 is 0 Å². The Labute approximate surface area is 157 Å². The average Bonchev–Trinajstić information content (AvgIpc) is 3.04. The minimum atomic E-state index is -0.981. The van der Waals surface area contributed by atoms with Gasteiger partial charge in [0.15, 0.2) is 5.65 Å². The number of fused-ring (bicyclic) bond motifs is 1. The minimum Gasteiger partial charge on any atom is -0.481 e. The molecule has 0 fully saturated rings. The lowest BCUT2D eigenvalue weighted by molar-refractivity contribution is -0.138. The number of aliphatic carboxylic acids is 1. The van der Waals surface area contributed by atoms with Gasteiger partial charge in [0.25, 0.3) is 5.91 Å². The van der Waals surface area contributed by atoms with Gasteiger partial charge in [0.2, 0.25) is 0 Å². The maximum Gasteiger partial charge on any atom is 0.312 e. The Morgan fingerprint density at radius 2 is 1.93 bits per heavy atom. The molecule has 1 atom stereocenters. The van der Waals surface area contributed by atoms with Crippen molar-refractivity contribution in [3.05, 3.63) is 59.4 Å². The van der Waals surface area contributed by atoms with Gasteiger partial charge in [-0.25, -0.2) is 9.67 Å². The number of amides is 1. The Hall–Kier alpha value is -3.22. The largest absolute Gasteiger partial charge is 0.481 e. The summed E-state index contributed by atoms with van der Waals surface area (Å²) in [4.78, 5) is 28.7. The molecule has 140 valence electrons. The molecule has 3 rings (SSSR count). The van der Waals surface area contributed by atoms with Gasteiger partial charge in [-0.1, -0.05) is 30.3 Å². The van der Waals surface area contributed by atoms with Crippen molar-refractivity contribution < 1.29 is 14.7 Å². The lowest BCUT2D eigenvalue weighted by Gasteiger charge is -2.14. The number of carbonyl (C=O) groups excluding carboxylic acids is 1. The van der Waals surface area contributed by atoms with Crippen LogP contribution in [0.5, 0.6) is 0 Å². The molecule has 0 aliphatic rings. The second kappa shape index (κ2) is 7.57. The van der Waals surface area contributed by atoms with Crippen LogP contribution in [0.3, 0.4) is 0 Å². The van der Waals surface area contributed by atoms with E-state index in [0.717, 1.165) is 11.0 Å². The van der Waals surface area contributed by atoms with Crippen LogP contribution in [0, 0.1) is 6.92 Å². The molecule has 7 nitrogen and oxygen atoms in total. The first kappa shape index (κ1) is 18.6. The molecule has 7 heteroatoms. The number of hydrogen-bond donors (Lipinski definition) is 2. The predicted molar refractivity (Wildman–Crippen MR) is 102 cm³/mol. The number of nitrogens with one attached hydrogen (secondary N) is 1. The third-order valence-corrected chi connectivity index (χ3v) is 4.46. The monoisotopic (exact) mass is 366 g/mol. The van der Waals surface area contributed by atoms with Gasteiger partial charge >= 0.3 is 5.97 Å². The van der Waals surface area contributed by atoms with Crippen molar-refractivity contribution in [2.24, 2.45) is 0 Å². The van der Waals surface area contributed by atoms with E-state index in [1.54, 1.807) is 48.1 Å². The number of carboxylic acid groups (broad SMARTS) is 1. The third-order valence-electron chi connectivity index (χ3n) is 4.46. The van der Waals surface area contributed by atoms with E-state index in [2.05, 4.69) is 15.4 Å². The molecule has 0 spiro atoms. The van der Waals surface area contributed by atoms with Gasteiger partial charge in [0.1, 0.15) is 0 Å². The van der Waals surface area contributed by atoms with Crippen molar-refractivity contribution in [1.29, 1.82) is 0 Å². The highest BCUT2D eigenvalue weighted by Gasteiger charge is 2.22. The molecule has 0 radical (unpaired) electrons. The maximum atomic E-state index is 12.6. The van der Waals surface area contributed by atoms with Crippen LogP contribution in [0.1, 0.15) is 47.4 Å². The van der Waals surface area contributed by atoms with E-state index in [-0.39, 0.29) is 18.5 Å². The van der Waals surface area contributed by atoms with Crippen LogP contribution in [0.25, 0.3) is 11.0 Å². The number of carboxylic acids is 1. The third kappa shape index (κ3) is 3.81. The summed E-state index contributed by atoms with van der Waals surface area (Å²) in [6.45, 7) is 5.79. The number of aromatic nitrogens is 3. The molecule has 0 saturated heterocycles. The van der Waals surface area contributed by atoms with Crippen LogP contribution in [0.4, 0.5) is 0 Å². The first-order valence-corrected chi connectivity index (χ1v) is 8.79. The molecule has 27 heavy (non-hydrogen) atoms. The Kier molecular flexibility index (Phi) is 5.21. The summed E-state index contributed by atoms with van der Waals surface area (Å²) in [7, 11) is 0. The number of carbonyl (C=O) groups is 2. The van der Waals surface area contributed by atoms with Gasteiger partial charge in [-0.2, -0.15) is 5.10 Å². The van der Waals surface area contributed by atoms with E-state index in [9.17, 15) is 14.7 Å². The molecule has 1 aromatic carbocycles. The van der Waals surface area contributed by atoms with Crippen molar-refractivity contribution in [2.45, 2.75) is 32.7 Å². The number of hydrogen-bond acceptors (Lipinski definition) is 4. The summed E-state index contributed by atoms with van der Waals surface area (Å²) in [6.07, 6.45) is 1.68. The van der Waals surface area contributed by atoms with Crippen LogP contribution in [-0.2, 0) is 4.79 Å². The maximum absolute atomic E-state index is 12.6. The number of benzene rings is 1. The molecule has 2 heterocycles. The summed E-state index contributed by atoms with van der Waals surface area (Å²) in [6, 6.07) is 10.8. The van der Waals surface area contributed by atoms with E-state index >= 15 is 0 Å². The van der Waals surface area contributed by atoms with E-state index in [1.165, 1.54) is 0 Å². The zero-order valence-corrected chi connectivity index (χ0v) is 15.5. The fourth-order valence-corrected chi connectivity index (χ4v) is 3.00. The van der Waals surface area contributed by atoms with Crippen molar-refractivity contribution in [1.82, 2.24) is 20.1 Å². The van der Waals surface area contributed by atoms with Gasteiger partial charge in [0.05, 0.1) is 23.4 Å². The standard InChI is InChI=1S/C20H22N4O3/c1-12(2)24-18-15(10-22-24)9-16(13(3)23-18)19(25)21-11-17(20(26)27)14-7-5-4-6-8-14/h4-10,12,17H,11H2,1-3H3,(H,21,25)(H,26,27). The fourth-order valence-electron chi connectivity index (χ4n) is 3.00. The molecule has 0 aliphatic heterocycles. The minimum absolute atomic E-state index is 0.000906. The Morgan fingerprint density at radius 1 is 1.22 bits per heavy atom. The van der Waals surface area contributed by atoms with Gasteiger partial charge in [-0.05, 0) is 32.4 Å². The van der Waals surface area contributed by atoms with Gasteiger partial charge < -0.3 is 10.4 Å². The van der Waals surface area contributed by atoms with Crippen LogP contribution in [0.2, 0.25) is 0 Å². The van der Waals surface area contributed by atoms with Crippen LogP contribution in [-0.4, -0.2) is 38.3 Å². The highest BCUT2D eigenvalue weighted by molar-refractivity contribution is 5.98. The molecule has 2 N–H and O–H groups in total. The quantitative estimate of drug-likeness (QED) is 0.699. The van der Waals surface area contributed by atoms with Crippen LogP contribution < -0.4 is 5.32 Å².